The average molecular weight is 334 g/mol. The third-order valence-corrected chi connectivity index (χ3v) is 4.61. The fraction of sp³-hybridized carbons (Fsp3) is 0.529. The van der Waals surface area contributed by atoms with Gasteiger partial charge in [0.25, 0.3) is 0 Å². The third kappa shape index (κ3) is 2.80. The number of fused-ring (bicyclic) bond motifs is 1. The molecular formula is C17H22N2O5. The highest BCUT2D eigenvalue weighted by molar-refractivity contribution is 5.92. The molecule has 0 aliphatic carbocycles. The van der Waals surface area contributed by atoms with Crippen LogP contribution in [-0.2, 0) is 20.7 Å². The van der Waals surface area contributed by atoms with Gasteiger partial charge in [0.05, 0.1) is 13.0 Å². The fourth-order valence-corrected chi connectivity index (χ4v) is 3.49. The van der Waals surface area contributed by atoms with Gasteiger partial charge in [0.2, 0.25) is 18.6 Å². The second kappa shape index (κ2) is 6.68. The maximum Gasteiger partial charge on any atom is 0.248 e. The second-order valence-corrected chi connectivity index (χ2v) is 6.06. The van der Waals surface area contributed by atoms with Crippen LogP contribution in [0.2, 0.25) is 0 Å². The Hall–Kier alpha value is -2.28. The number of nitrogens with zero attached hydrogens (tertiary/aromatic N) is 1. The molecule has 2 amide bonds. The SMILES string of the molecule is CNC(=O)C1(COC)CCCN1C(=O)Cc1ccc2c(c1)OCO2. The summed E-state index contributed by atoms with van der Waals surface area (Å²) in [6.07, 6.45) is 1.59. The van der Waals surface area contributed by atoms with Crippen LogP contribution in [0.3, 0.4) is 0 Å². The summed E-state index contributed by atoms with van der Waals surface area (Å²) < 4.78 is 15.9. The van der Waals surface area contributed by atoms with Crippen molar-refractivity contribution in [1.82, 2.24) is 10.2 Å². The Morgan fingerprint density at radius 3 is 2.88 bits per heavy atom. The summed E-state index contributed by atoms with van der Waals surface area (Å²) in [5.74, 6) is 1.07. The summed E-state index contributed by atoms with van der Waals surface area (Å²) in [7, 11) is 3.13. The number of ether oxygens (including phenoxy) is 3. The largest absolute Gasteiger partial charge is 0.454 e. The van der Waals surface area contributed by atoms with Crippen molar-refractivity contribution >= 4 is 11.8 Å². The quantitative estimate of drug-likeness (QED) is 0.858. The van der Waals surface area contributed by atoms with Crippen molar-refractivity contribution in [3.05, 3.63) is 23.8 Å². The summed E-state index contributed by atoms with van der Waals surface area (Å²) in [6, 6.07) is 5.46. The van der Waals surface area contributed by atoms with Gasteiger partial charge in [0.1, 0.15) is 5.54 Å². The lowest BCUT2D eigenvalue weighted by Gasteiger charge is -2.36. The van der Waals surface area contributed by atoms with Crippen molar-refractivity contribution in [3.63, 3.8) is 0 Å². The summed E-state index contributed by atoms with van der Waals surface area (Å²) in [5.41, 5.74) is -0.0870. The first kappa shape index (κ1) is 16.6. The molecule has 2 heterocycles. The van der Waals surface area contributed by atoms with Gasteiger partial charge in [-0.1, -0.05) is 6.07 Å². The van der Waals surface area contributed by atoms with Crippen LogP contribution in [0.5, 0.6) is 11.5 Å². The van der Waals surface area contributed by atoms with Crippen LogP contribution >= 0.6 is 0 Å². The van der Waals surface area contributed by atoms with Crippen LogP contribution in [0.4, 0.5) is 0 Å². The maximum atomic E-state index is 12.8. The maximum absolute atomic E-state index is 12.8. The van der Waals surface area contributed by atoms with Crippen LogP contribution in [0, 0.1) is 0 Å². The van der Waals surface area contributed by atoms with Crippen molar-refractivity contribution < 1.29 is 23.8 Å². The van der Waals surface area contributed by atoms with Gasteiger partial charge in [-0.15, -0.1) is 0 Å². The van der Waals surface area contributed by atoms with E-state index in [1.165, 1.54) is 0 Å². The zero-order chi connectivity index (χ0) is 17.2. The molecule has 1 aromatic rings. The van der Waals surface area contributed by atoms with E-state index >= 15 is 0 Å². The summed E-state index contributed by atoms with van der Waals surface area (Å²) in [4.78, 5) is 26.9. The highest BCUT2D eigenvalue weighted by atomic mass is 16.7. The Morgan fingerprint density at radius 2 is 2.12 bits per heavy atom. The molecule has 0 bridgehead atoms. The first-order valence-electron chi connectivity index (χ1n) is 8.01. The molecule has 1 fully saturated rings. The Morgan fingerprint density at radius 1 is 1.33 bits per heavy atom. The molecule has 1 unspecified atom stereocenters. The van der Waals surface area contributed by atoms with Gasteiger partial charge in [-0.25, -0.2) is 0 Å². The van der Waals surface area contributed by atoms with Gasteiger partial charge < -0.3 is 24.4 Å². The first-order valence-corrected chi connectivity index (χ1v) is 8.01. The van der Waals surface area contributed by atoms with E-state index in [1.54, 1.807) is 25.1 Å². The number of carbonyl (C=O) groups excluding carboxylic acids is 2. The van der Waals surface area contributed by atoms with E-state index in [4.69, 9.17) is 14.2 Å². The van der Waals surface area contributed by atoms with Gasteiger partial charge in [-0.3, -0.25) is 9.59 Å². The van der Waals surface area contributed by atoms with E-state index in [1.807, 2.05) is 12.1 Å². The van der Waals surface area contributed by atoms with E-state index in [0.717, 1.165) is 12.0 Å². The monoisotopic (exact) mass is 334 g/mol. The average Bonchev–Trinajstić information content (AvgIpc) is 3.21. The van der Waals surface area contributed by atoms with Crippen molar-refractivity contribution in [3.8, 4) is 11.5 Å². The molecule has 2 aliphatic rings. The number of methoxy groups -OCH3 is 1. The molecule has 0 spiro atoms. The van der Waals surface area contributed by atoms with Crippen LogP contribution in [0.1, 0.15) is 18.4 Å². The lowest BCUT2D eigenvalue weighted by Crippen LogP contribution is -2.59. The molecule has 2 aliphatic heterocycles. The fourth-order valence-electron chi connectivity index (χ4n) is 3.49. The molecular weight excluding hydrogens is 312 g/mol. The molecule has 7 nitrogen and oxygen atoms in total. The number of likely N-dealkylation sites (tertiary alicyclic amines) is 1. The minimum absolute atomic E-state index is 0.0907. The minimum Gasteiger partial charge on any atom is -0.454 e. The first-order chi connectivity index (χ1) is 11.6. The molecule has 1 saturated heterocycles. The Balaban J connectivity index is 1.79. The van der Waals surface area contributed by atoms with Crippen LogP contribution < -0.4 is 14.8 Å². The third-order valence-electron chi connectivity index (χ3n) is 4.61. The molecule has 130 valence electrons. The van der Waals surface area contributed by atoms with E-state index in [0.29, 0.717) is 24.5 Å². The van der Waals surface area contributed by atoms with Gasteiger partial charge >= 0.3 is 0 Å². The lowest BCUT2D eigenvalue weighted by molar-refractivity contribution is -0.147. The highest BCUT2D eigenvalue weighted by Crippen LogP contribution is 2.34. The molecule has 1 atom stereocenters. The minimum atomic E-state index is -0.920. The number of nitrogens with one attached hydrogen (secondary N) is 1. The lowest BCUT2D eigenvalue weighted by atomic mass is 9.95. The summed E-state index contributed by atoms with van der Waals surface area (Å²) in [5, 5.41) is 2.67. The Labute approximate surface area is 140 Å². The molecule has 1 N–H and O–H groups in total. The molecule has 0 radical (unpaired) electrons. The number of likely N-dealkylation sites (N-methyl/N-ethyl adjacent to an activating group) is 1. The smallest absolute Gasteiger partial charge is 0.248 e. The Kier molecular flexibility index (Phi) is 4.62. The molecule has 24 heavy (non-hydrogen) atoms. The van der Waals surface area contributed by atoms with Crippen molar-refractivity contribution in [2.24, 2.45) is 0 Å². The number of hydrogen-bond acceptors (Lipinski definition) is 5. The Bertz CT molecular complexity index is 648. The van der Waals surface area contributed by atoms with E-state index in [2.05, 4.69) is 5.32 Å². The molecule has 0 aromatic heterocycles. The zero-order valence-electron chi connectivity index (χ0n) is 14.0. The number of amides is 2. The number of rotatable bonds is 5. The van der Waals surface area contributed by atoms with E-state index < -0.39 is 5.54 Å². The summed E-state index contributed by atoms with van der Waals surface area (Å²) >= 11 is 0. The molecule has 0 saturated carbocycles. The second-order valence-electron chi connectivity index (χ2n) is 6.06. The molecule has 1 aromatic carbocycles. The normalized spacial score (nSPS) is 21.8. The van der Waals surface area contributed by atoms with Gasteiger partial charge in [0.15, 0.2) is 11.5 Å². The van der Waals surface area contributed by atoms with Crippen LogP contribution in [-0.4, -0.2) is 56.4 Å². The van der Waals surface area contributed by atoms with Crippen molar-refractivity contribution in [1.29, 1.82) is 0 Å². The molecule has 3 rings (SSSR count). The van der Waals surface area contributed by atoms with Gasteiger partial charge in [-0.05, 0) is 30.5 Å². The number of carbonyl (C=O) groups is 2. The number of benzene rings is 1. The van der Waals surface area contributed by atoms with Gasteiger partial charge in [0, 0.05) is 20.7 Å². The van der Waals surface area contributed by atoms with Crippen molar-refractivity contribution in [2.75, 3.05) is 34.1 Å². The summed E-state index contributed by atoms with van der Waals surface area (Å²) in [6.45, 7) is 0.951. The van der Waals surface area contributed by atoms with Crippen LogP contribution in [0.25, 0.3) is 0 Å². The topological polar surface area (TPSA) is 77.1 Å². The number of hydrogen-bond donors (Lipinski definition) is 1. The standard InChI is InChI=1S/C17H22N2O5/c1-18-16(21)17(10-22-2)6-3-7-19(17)15(20)9-12-4-5-13-14(8-12)24-11-23-13/h4-5,8H,3,6-7,9-11H2,1-2H3,(H,18,21). The van der Waals surface area contributed by atoms with Gasteiger partial charge in [-0.2, -0.15) is 0 Å². The predicted octanol–water partition coefficient (Wildman–Crippen LogP) is 0.711. The zero-order valence-corrected chi connectivity index (χ0v) is 14.0. The predicted molar refractivity (Wildman–Crippen MR) is 85.9 cm³/mol. The van der Waals surface area contributed by atoms with E-state index in [-0.39, 0.29) is 31.6 Å². The highest BCUT2D eigenvalue weighted by Gasteiger charge is 2.49. The van der Waals surface area contributed by atoms with Crippen molar-refractivity contribution in [2.45, 2.75) is 24.8 Å². The van der Waals surface area contributed by atoms with E-state index in [9.17, 15) is 9.59 Å². The molecule has 7 heteroatoms. The van der Waals surface area contributed by atoms with Crippen LogP contribution in [0.15, 0.2) is 18.2 Å².